The fourth-order valence-electron chi connectivity index (χ4n) is 4.42. The van der Waals surface area contributed by atoms with Crippen LogP contribution in [0.1, 0.15) is 129 Å². The van der Waals surface area contributed by atoms with Crippen LogP contribution in [-0.4, -0.2) is 30.0 Å². The van der Waals surface area contributed by atoms with Crippen LogP contribution in [0.5, 0.6) is 0 Å². The van der Waals surface area contributed by atoms with E-state index in [9.17, 15) is 22.8 Å². The number of allylic oxidation sites excluding steroid dienone is 3. The monoisotopic (exact) mass is 724 g/mol. The van der Waals surface area contributed by atoms with Crippen LogP contribution in [0, 0.1) is 3.57 Å². The van der Waals surface area contributed by atoms with Gasteiger partial charge in [-0.25, -0.2) is 0 Å². The molecule has 0 amide bonds. The summed E-state index contributed by atoms with van der Waals surface area (Å²) in [5.41, 5.74) is 1.37. The number of unbranched alkanes of at least 4 members (excludes halogenated alkanes) is 11. The number of carbonyl (C=O) groups is 2. The molecule has 8 heteroatoms. The van der Waals surface area contributed by atoms with Gasteiger partial charge in [0.1, 0.15) is 5.78 Å². The molecule has 43 heavy (non-hydrogen) atoms. The maximum absolute atomic E-state index is 11.8. The van der Waals surface area contributed by atoms with Gasteiger partial charge in [-0.1, -0.05) is 63.2 Å². The number of hydrogen-bond donors (Lipinski definition) is 0. The zero-order valence-corrected chi connectivity index (χ0v) is 29.4. The van der Waals surface area contributed by atoms with E-state index in [2.05, 4.69) is 54.4 Å². The minimum atomic E-state index is -4.09. The summed E-state index contributed by atoms with van der Waals surface area (Å²) < 4.78 is 47.3. The van der Waals surface area contributed by atoms with E-state index in [0.717, 1.165) is 51.4 Å². The summed E-state index contributed by atoms with van der Waals surface area (Å²) in [4.78, 5) is 23.6. The Bertz CT molecular complexity index is 928. The molecule has 4 nitrogen and oxygen atoms in total. The smallest absolute Gasteiger partial charge is 0.392 e. The molecule has 248 valence electrons. The fraction of sp³-hybridized carbons (Fsp3) is 0.657. The second-order valence-corrected chi connectivity index (χ2v) is 15.3. The minimum absolute atomic E-state index is 0.0316. The third-order valence-electron chi connectivity index (χ3n) is 6.80. The van der Waals surface area contributed by atoms with Crippen LogP contribution in [0.2, 0.25) is 0 Å². The van der Waals surface area contributed by atoms with E-state index in [4.69, 9.17) is 3.07 Å². The molecule has 0 unspecified atom stereocenters. The number of rotatable bonds is 18. The summed E-state index contributed by atoms with van der Waals surface area (Å²) >= 11 is -1.24. The minimum Gasteiger partial charge on any atom is -0.469 e. The molecule has 0 bridgehead atoms. The summed E-state index contributed by atoms with van der Waals surface area (Å²) in [5, 5.41) is 0. The van der Waals surface area contributed by atoms with Crippen LogP contribution in [-0.2, 0) is 23.0 Å². The van der Waals surface area contributed by atoms with Gasteiger partial charge in [0.2, 0.25) is 0 Å². The molecule has 1 aliphatic heterocycles. The van der Waals surface area contributed by atoms with Crippen molar-refractivity contribution < 1.29 is 30.6 Å². The maximum Gasteiger partial charge on any atom is 0.392 e. The summed E-state index contributed by atoms with van der Waals surface area (Å²) in [7, 11) is 1.37. The van der Waals surface area contributed by atoms with Gasteiger partial charge < -0.3 is 9.53 Å². The molecule has 1 aromatic carbocycles. The fourth-order valence-corrected chi connectivity index (χ4v) is 8.91. The van der Waals surface area contributed by atoms with Gasteiger partial charge in [0, 0.05) is 12.8 Å². The summed E-state index contributed by atoms with van der Waals surface area (Å²) in [5.74, 6) is 0.136. The van der Waals surface area contributed by atoms with Crippen LogP contribution < -0.4 is 0 Å². The van der Waals surface area contributed by atoms with Crippen molar-refractivity contribution in [3.8, 4) is 0 Å². The number of hydrogen-bond acceptors (Lipinski definition) is 4. The molecule has 0 atom stereocenters. The Morgan fingerprint density at radius 3 is 1.95 bits per heavy atom. The molecule has 2 rings (SSSR count). The topological polar surface area (TPSA) is 52.6 Å². The van der Waals surface area contributed by atoms with Crippen molar-refractivity contribution in [2.45, 2.75) is 135 Å². The number of benzene rings is 1. The molecule has 0 saturated carbocycles. The number of ketones is 1. The van der Waals surface area contributed by atoms with Gasteiger partial charge in [-0.3, -0.25) is 4.79 Å². The van der Waals surface area contributed by atoms with Gasteiger partial charge in [0.15, 0.2) is 0 Å². The number of ether oxygens (including phenoxy) is 1. The van der Waals surface area contributed by atoms with E-state index >= 15 is 0 Å². The number of Topliss-reactive ketones (excluding diaryl/α,β-unsaturated/α-hetero) is 1. The van der Waals surface area contributed by atoms with Gasteiger partial charge in [-0.05, 0) is 45.4 Å². The molecule has 0 fully saturated rings. The van der Waals surface area contributed by atoms with Crippen molar-refractivity contribution in [1.82, 2.24) is 0 Å². The Labute approximate surface area is 267 Å². The van der Waals surface area contributed by atoms with Crippen molar-refractivity contribution in [2.24, 2.45) is 0 Å². The predicted molar refractivity (Wildman–Crippen MR) is 181 cm³/mol. The number of alkyl halides is 4. The van der Waals surface area contributed by atoms with E-state index in [0.29, 0.717) is 18.6 Å². The first kappa shape index (κ1) is 41.3. The first-order chi connectivity index (χ1) is 20.3. The first-order valence-corrected chi connectivity index (χ1v) is 19.7. The van der Waals surface area contributed by atoms with Gasteiger partial charge >= 0.3 is 93.2 Å². The zero-order valence-electron chi connectivity index (χ0n) is 27.2. The molecular formula is C35H56F3IO4. The van der Waals surface area contributed by atoms with Crippen LogP contribution in [0.3, 0.4) is 0 Å². The van der Waals surface area contributed by atoms with Crippen LogP contribution in [0.15, 0.2) is 49.1 Å². The number of esters is 1. The Balaban J connectivity index is 0.000000630. The van der Waals surface area contributed by atoms with E-state index in [1.54, 1.807) is 13.0 Å². The zero-order chi connectivity index (χ0) is 32.6. The molecule has 0 N–H and O–H groups in total. The van der Waals surface area contributed by atoms with Gasteiger partial charge in [0.05, 0.1) is 13.5 Å². The van der Waals surface area contributed by atoms with E-state index in [-0.39, 0.29) is 11.6 Å². The molecule has 0 spiro atoms. The molecule has 1 aromatic rings. The van der Waals surface area contributed by atoms with Crippen molar-refractivity contribution >= 4 is 32.0 Å². The second-order valence-electron chi connectivity index (χ2n) is 11.3. The van der Waals surface area contributed by atoms with Crippen LogP contribution >= 0.6 is 20.2 Å². The molecule has 0 aromatic heterocycles. The maximum atomic E-state index is 11.8. The molecule has 0 aliphatic carbocycles. The quantitative estimate of drug-likeness (QED) is 0.0497. The molecule has 1 aliphatic rings. The van der Waals surface area contributed by atoms with Crippen molar-refractivity contribution in [3.63, 3.8) is 0 Å². The molecule has 0 radical (unpaired) electrons. The Kier molecular flexibility index (Phi) is 23.7. The second kappa shape index (κ2) is 24.6. The summed E-state index contributed by atoms with van der Waals surface area (Å²) in [6.45, 7) is 9.68. The van der Waals surface area contributed by atoms with Crippen molar-refractivity contribution in [1.29, 1.82) is 0 Å². The molecular weight excluding hydrogens is 668 g/mol. The average molecular weight is 725 g/mol. The predicted octanol–water partition coefficient (Wildman–Crippen LogP) is 11.5. The molecule has 1 heterocycles. The Morgan fingerprint density at radius 1 is 0.884 bits per heavy atom. The normalized spacial score (nSPS) is 14.3. The Morgan fingerprint density at radius 2 is 1.42 bits per heavy atom. The van der Waals surface area contributed by atoms with Gasteiger partial charge in [-0.2, -0.15) is 13.2 Å². The number of carbonyl (C=O) groups excluding carboxylic acids is 2. The van der Waals surface area contributed by atoms with Gasteiger partial charge in [-0.15, -0.1) is 6.58 Å². The van der Waals surface area contributed by atoms with E-state index in [1.807, 2.05) is 6.08 Å². The Hall–Kier alpha value is -1.68. The third-order valence-corrected chi connectivity index (χ3v) is 11.1. The largest absolute Gasteiger partial charge is 0.469 e. The van der Waals surface area contributed by atoms with Crippen molar-refractivity contribution in [2.75, 3.05) is 12.0 Å². The standard InChI is InChI=1S/C13H21F3O2.C12H22O.C10H13IO/c1-18-12(17)10-8-6-4-2-3-5-7-9-11-13(14,15)16;1-3-4-5-6-7-8-9-10-11-12(2)13;1-10(2)8-6-4-5-7-9(8)11(3)12-10/h7,9H,2-6,8,10-11H2,1H3;3H,1,4-11H2,2H3;4-7H,1-3H3/b9-7+;;. The summed E-state index contributed by atoms with van der Waals surface area (Å²) in [6, 6.07) is 8.61. The third kappa shape index (κ3) is 23.4. The number of halogens is 4. The summed E-state index contributed by atoms with van der Waals surface area (Å²) in [6.07, 6.45) is 15.0. The van der Waals surface area contributed by atoms with E-state index < -0.39 is 32.8 Å². The SMILES string of the molecule is C=CCCCCCCCCC(C)=O.CI1OC(C)(C)c2ccccc21.COC(=O)CCCCCCC/C=C/CC(F)(F)F. The first-order valence-electron chi connectivity index (χ1n) is 15.6. The average Bonchev–Trinajstić information content (AvgIpc) is 3.19. The van der Waals surface area contributed by atoms with Crippen molar-refractivity contribution in [3.05, 3.63) is 58.2 Å². The van der Waals surface area contributed by atoms with Crippen LogP contribution in [0.25, 0.3) is 0 Å². The number of fused-ring (bicyclic) bond motifs is 1. The van der Waals surface area contributed by atoms with Gasteiger partial charge in [0.25, 0.3) is 0 Å². The number of methoxy groups -OCH3 is 1. The van der Waals surface area contributed by atoms with E-state index in [1.165, 1.54) is 54.4 Å². The molecule has 0 saturated heterocycles. The van der Waals surface area contributed by atoms with Crippen LogP contribution in [0.4, 0.5) is 13.2 Å².